The lowest BCUT2D eigenvalue weighted by Gasteiger charge is -1.88. The van der Waals surface area contributed by atoms with Gasteiger partial charge in [-0.3, -0.25) is 0 Å². The normalized spacial score (nSPS) is 9.20. The maximum atomic E-state index is 3.76. The predicted molar refractivity (Wildman–Crippen MR) is 69.0 cm³/mol. The Morgan fingerprint density at radius 1 is 1.20 bits per heavy atom. The Hall–Kier alpha value is -1.76. The average Bonchev–Trinajstić information content (AvgIpc) is 2.57. The van der Waals surface area contributed by atoms with Crippen molar-refractivity contribution >= 4 is 17.0 Å². The van der Waals surface area contributed by atoms with Gasteiger partial charge in [0.05, 0.1) is 0 Å². The van der Waals surface area contributed by atoms with Crippen LogP contribution in [-0.2, 0) is 0 Å². The van der Waals surface area contributed by atoms with Crippen molar-refractivity contribution in [2.24, 2.45) is 0 Å². The molecule has 15 heavy (non-hydrogen) atoms. The minimum atomic E-state index is 1.12. The van der Waals surface area contributed by atoms with Crippen molar-refractivity contribution in [2.45, 2.75) is 13.8 Å². The highest BCUT2D eigenvalue weighted by Crippen LogP contribution is 2.21. The maximum absolute atomic E-state index is 3.76. The summed E-state index contributed by atoms with van der Waals surface area (Å²) < 4.78 is 0. The van der Waals surface area contributed by atoms with Gasteiger partial charge in [0.25, 0.3) is 0 Å². The Balaban J connectivity index is 0.000000337. The molecular weight excluding hydrogens is 182 g/mol. The van der Waals surface area contributed by atoms with E-state index in [0.29, 0.717) is 0 Å². The van der Waals surface area contributed by atoms with Crippen LogP contribution in [0.15, 0.2) is 43.5 Å². The average molecular weight is 199 g/mol. The lowest BCUT2D eigenvalue weighted by atomic mass is 10.1. The number of aromatic nitrogens is 1. The van der Waals surface area contributed by atoms with E-state index in [0.717, 1.165) is 5.69 Å². The van der Waals surface area contributed by atoms with Crippen LogP contribution in [-0.4, -0.2) is 4.98 Å². The van der Waals surface area contributed by atoms with Gasteiger partial charge in [-0.05, 0) is 31.6 Å². The Bertz CT molecular complexity index is 463. The van der Waals surface area contributed by atoms with Gasteiger partial charge in [0.1, 0.15) is 0 Å². The molecule has 1 N–H and O–H groups in total. The van der Waals surface area contributed by atoms with Gasteiger partial charge in [-0.1, -0.05) is 30.9 Å². The number of aromatic amines is 1. The molecule has 0 aliphatic carbocycles. The lowest BCUT2D eigenvalue weighted by molar-refractivity contribution is 1.38. The van der Waals surface area contributed by atoms with E-state index in [1.807, 2.05) is 19.1 Å². The minimum absolute atomic E-state index is 1.12. The molecule has 2 rings (SSSR count). The second-order valence-corrected chi connectivity index (χ2v) is 3.32. The largest absolute Gasteiger partial charge is 0.355 e. The molecule has 0 amide bonds. The fraction of sp³-hybridized carbons (Fsp3) is 0.143. The molecule has 1 nitrogen and oxygen atoms in total. The van der Waals surface area contributed by atoms with Crippen LogP contribution in [0.5, 0.6) is 0 Å². The van der Waals surface area contributed by atoms with Crippen molar-refractivity contribution in [3.63, 3.8) is 0 Å². The second-order valence-electron chi connectivity index (χ2n) is 3.32. The van der Waals surface area contributed by atoms with Crippen molar-refractivity contribution in [1.29, 1.82) is 0 Å². The van der Waals surface area contributed by atoms with E-state index in [9.17, 15) is 0 Å². The first-order chi connectivity index (χ1) is 7.24. The molecule has 0 fully saturated rings. The monoisotopic (exact) mass is 199 g/mol. The van der Waals surface area contributed by atoms with Crippen molar-refractivity contribution in [3.8, 4) is 0 Å². The van der Waals surface area contributed by atoms with Crippen LogP contribution >= 0.6 is 0 Å². The van der Waals surface area contributed by atoms with Crippen LogP contribution in [0.3, 0.4) is 0 Å². The molecule has 2 aromatic rings. The van der Waals surface area contributed by atoms with Gasteiger partial charge in [0, 0.05) is 16.6 Å². The highest BCUT2D eigenvalue weighted by atomic mass is 14.7. The third-order valence-corrected chi connectivity index (χ3v) is 2.21. The molecule has 0 spiro atoms. The molecule has 0 saturated carbocycles. The number of hydrogen-bond donors (Lipinski definition) is 1. The second kappa shape index (κ2) is 5.20. The van der Waals surface area contributed by atoms with Crippen LogP contribution < -0.4 is 0 Å². The zero-order valence-corrected chi connectivity index (χ0v) is 9.38. The van der Waals surface area contributed by atoms with Crippen LogP contribution in [0.1, 0.15) is 18.2 Å². The molecule has 1 heteroatoms. The number of aryl methyl sites for hydroxylation is 1. The van der Waals surface area contributed by atoms with Gasteiger partial charge in [-0.15, -0.1) is 6.58 Å². The van der Waals surface area contributed by atoms with Crippen LogP contribution in [0.4, 0.5) is 0 Å². The zero-order valence-electron chi connectivity index (χ0n) is 9.38. The summed E-state index contributed by atoms with van der Waals surface area (Å²) in [7, 11) is 0. The Morgan fingerprint density at radius 2 is 1.80 bits per heavy atom. The summed E-state index contributed by atoms with van der Waals surface area (Å²) in [5.41, 5.74) is 3.58. The predicted octanol–water partition coefficient (Wildman–Crippen LogP) is 4.31. The summed E-state index contributed by atoms with van der Waals surface area (Å²) in [4.78, 5) is 3.30. The van der Waals surface area contributed by atoms with Gasteiger partial charge >= 0.3 is 0 Å². The van der Waals surface area contributed by atoms with Gasteiger partial charge < -0.3 is 4.98 Å². The van der Waals surface area contributed by atoms with Crippen molar-refractivity contribution in [2.75, 3.05) is 0 Å². The number of hydrogen-bond acceptors (Lipinski definition) is 0. The fourth-order valence-electron chi connectivity index (χ4n) is 1.51. The molecule has 0 radical (unpaired) electrons. The highest BCUT2D eigenvalue weighted by molar-refractivity contribution is 5.86. The number of rotatable bonds is 1. The number of para-hydroxylation sites is 1. The van der Waals surface area contributed by atoms with E-state index < -0.39 is 0 Å². The SMILES string of the molecule is C=CC.C=Cc1[nH]c2ccccc2c1C. The van der Waals surface area contributed by atoms with E-state index in [1.54, 1.807) is 6.08 Å². The molecule has 1 heterocycles. The van der Waals surface area contributed by atoms with Crippen molar-refractivity contribution in [1.82, 2.24) is 4.98 Å². The number of nitrogens with one attached hydrogen (secondary N) is 1. The molecular formula is C14H17N. The van der Waals surface area contributed by atoms with E-state index in [2.05, 4.69) is 43.3 Å². The number of fused-ring (bicyclic) bond motifs is 1. The third kappa shape index (κ3) is 2.38. The summed E-state index contributed by atoms with van der Waals surface area (Å²) in [6, 6.07) is 8.28. The number of H-pyrrole nitrogens is 1. The third-order valence-electron chi connectivity index (χ3n) is 2.21. The molecule has 78 valence electrons. The molecule has 1 aromatic heterocycles. The molecule has 0 atom stereocenters. The van der Waals surface area contributed by atoms with Crippen molar-refractivity contribution < 1.29 is 0 Å². The maximum Gasteiger partial charge on any atom is 0.0461 e. The summed E-state index contributed by atoms with van der Waals surface area (Å²) in [5, 5.41) is 1.28. The van der Waals surface area contributed by atoms with E-state index in [4.69, 9.17) is 0 Å². The van der Waals surface area contributed by atoms with Gasteiger partial charge in [0.15, 0.2) is 0 Å². The molecule has 0 aliphatic heterocycles. The van der Waals surface area contributed by atoms with Gasteiger partial charge in [-0.25, -0.2) is 0 Å². The van der Waals surface area contributed by atoms with E-state index in [1.165, 1.54) is 16.5 Å². The van der Waals surface area contributed by atoms with E-state index >= 15 is 0 Å². The standard InChI is InChI=1S/C11H11N.C3H6/c1-3-10-8(2)9-6-4-5-7-11(9)12-10;1-3-2/h3-7,12H,1H2,2H3;3H,1H2,2H3. The molecule has 0 saturated heterocycles. The summed E-state index contributed by atoms with van der Waals surface area (Å²) in [6.07, 6.45) is 3.61. The number of allylic oxidation sites excluding steroid dienone is 1. The smallest absolute Gasteiger partial charge is 0.0461 e. The zero-order chi connectivity index (χ0) is 11.3. The summed E-state index contributed by atoms with van der Waals surface area (Å²) >= 11 is 0. The number of benzene rings is 1. The topological polar surface area (TPSA) is 15.8 Å². The first-order valence-corrected chi connectivity index (χ1v) is 5.01. The van der Waals surface area contributed by atoms with Gasteiger partial charge in [-0.2, -0.15) is 0 Å². The Labute approximate surface area is 91.1 Å². The highest BCUT2D eigenvalue weighted by Gasteiger charge is 2.02. The molecule has 0 aliphatic rings. The minimum Gasteiger partial charge on any atom is -0.355 e. The fourth-order valence-corrected chi connectivity index (χ4v) is 1.51. The van der Waals surface area contributed by atoms with Crippen LogP contribution in [0.2, 0.25) is 0 Å². The summed E-state index contributed by atoms with van der Waals surface area (Å²) in [6.45, 7) is 11.1. The van der Waals surface area contributed by atoms with Crippen LogP contribution in [0.25, 0.3) is 17.0 Å². The molecule has 0 bridgehead atoms. The first kappa shape index (κ1) is 11.3. The lowest BCUT2D eigenvalue weighted by Crippen LogP contribution is -1.71. The molecule has 1 aromatic carbocycles. The van der Waals surface area contributed by atoms with Crippen LogP contribution in [0, 0.1) is 6.92 Å². The summed E-state index contributed by atoms with van der Waals surface area (Å²) in [5.74, 6) is 0. The van der Waals surface area contributed by atoms with E-state index in [-0.39, 0.29) is 0 Å². The quantitative estimate of drug-likeness (QED) is 0.659. The Morgan fingerprint density at radius 3 is 2.33 bits per heavy atom. The van der Waals surface area contributed by atoms with Gasteiger partial charge in [0.2, 0.25) is 0 Å². The molecule has 0 unspecified atom stereocenters. The first-order valence-electron chi connectivity index (χ1n) is 5.01. The Kier molecular flexibility index (Phi) is 3.92. The van der Waals surface area contributed by atoms with Crippen molar-refractivity contribution in [3.05, 3.63) is 54.8 Å².